The van der Waals surface area contributed by atoms with E-state index in [2.05, 4.69) is 56.0 Å². The zero-order chi connectivity index (χ0) is 12.1. The van der Waals surface area contributed by atoms with Gasteiger partial charge in [0.05, 0.1) is 0 Å². The molecule has 1 heteroatoms. The minimum absolute atomic E-state index is 0.613. The van der Waals surface area contributed by atoms with Crippen LogP contribution in [-0.4, -0.2) is 5.75 Å². The maximum absolute atomic E-state index is 2.38. The van der Waals surface area contributed by atoms with Gasteiger partial charge < -0.3 is 0 Å². The number of rotatable bonds is 6. The maximum atomic E-state index is 2.38. The molecule has 0 aliphatic heterocycles. The number of unbranched alkanes of at least 4 members (excludes halogenated alkanes) is 3. The first-order valence-electron chi connectivity index (χ1n) is 6.76. The lowest BCUT2D eigenvalue weighted by Crippen LogP contribution is -1.91. The van der Waals surface area contributed by atoms with Crippen molar-refractivity contribution in [2.24, 2.45) is 0 Å². The summed E-state index contributed by atoms with van der Waals surface area (Å²) in [6.07, 6.45) is 7.84. The molecule has 1 unspecified atom stereocenters. The molecule has 0 saturated heterocycles. The molecule has 0 spiro atoms. The van der Waals surface area contributed by atoms with Crippen molar-refractivity contribution in [1.29, 1.82) is 0 Å². The van der Waals surface area contributed by atoms with Gasteiger partial charge in [0.25, 0.3) is 0 Å². The molecule has 0 radical (unpaired) electrons. The highest BCUT2D eigenvalue weighted by Gasteiger charge is 2.20. The van der Waals surface area contributed by atoms with Gasteiger partial charge in [-0.15, -0.1) is 11.8 Å². The lowest BCUT2D eigenvalue weighted by atomic mass is 10.0. The fraction of sp³-hybridized carbons (Fsp3) is 0.500. The molecule has 0 nitrogen and oxygen atoms in total. The highest BCUT2D eigenvalue weighted by molar-refractivity contribution is 8.03. The van der Waals surface area contributed by atoms with E-state index in [-0.39, 0.29) is 0 Å². The van der Waals surface area contributed by atoms with Gasteiger partial charge in [-0.05, 0) is 34.3 Å². The number of fused-ring (bicyclic) bond motifs is 1. The van der Waals surface area contributed by atoms with Crippen molar-refractivity contribution in [3.8, 4) is 0 Å². The first kappa shape index (κ1) is 12.8. The summed E-state index contributed by atoms with van der Waals surface area (Å²) in [5.74, 6) is 1.90. The van der Waals surface area contributed by atoms with E-state index < -0.39 is 0 Å². The summed E-state index contributed by atoms with van der Waals surface area (Å²) < 4.78 is 0. The molecule has 1 aliphatic rings. The Kier molecular flexibility index (Phi) is 4.73. The van der Waals surface area contributed by atoms with Crippen molar-refractivity contribution in [3.63, 3.8) is 0 Å². The van der Waals surface area contributed by atoms with Crippen molar-refractivity contribution in [2.75, 3.05) is 5.75 Å². The van der Waals surface area contributed by atoms with Gasteiger partial charge in [-0.1, -0.05) is 57.4 Å². The zero-order valence-corrected chi connectivity index (χ0v) is 11.7. The summed E-state index contributed by atoms with van der Waals surface area (Å²) in [5, 5.41) is 0. The fourth-order valence-corrected chi connectivity index (χ4v) is 3.53. The minimum atomic E-state index is 0.613. The second-order valence-electron chi connectivity index (χ2n) is 4.81. The molecule has 1 atom stereocenters. The highest BCUT2D eigenvalue weighted by atomic mass is 32.2. The van der Waals surface area contributed by atoms with Crippen LogP contribution < -0.4 is 0 Å². The quantitative estimate of drug-likeness (QED) is 0.601. The summed E-state index contributed by atoms with van der Waals surface area (Å²) in [6, 6.07) is 8.78. The van der Waals surface area contributed by atoms with Crippen LogP contribution in [0.5, 0.6) is 0 Å². The van der Waals surface area contributed by atoms with Gasteiger partial charge in [-0.25, -0.2) is 0 Å². The van der Waals surface area contributed by atoms with Crippen molar-refractivity contribution >= 4 is 17.8 Å². The largest absolute Gasteiger partial charge is 0.130 e. The lowest BCUT2D eigenvalue weighted by molar-refractivity contribution is 0.706. The Bertz CT molecular complexity index is 392. The molecule has 17 heavy (non-hydrogen) atoms. The van der Waals surface area contributed by atoms with Crippen LogP contribution in [0, 0.1) is 0 Å². The Morgan fingerprint density at radius 2 is 1.94 bits per heavy atom. The Morgan fingerprint density at radius 1 is 1.12 bits per heavy atom. The highest BCUT2D eigenvalue weighted by Crippen LogP contribution is 2.41. The van der Waals surface area contributed by atoms with Crippen LogP contribution in [0.25, 0.3) is 6.08 Å². The summed E-state index contributed by atoms with van der Waals surface area (Å²) in [4.78, 5) is 1.56. The average molecular weight is 246 g/mol. The molecule has 0 bridgehead atoms. The summed E-state index contributed by atoms with van der Waals surface area (Å²) in [7, 11) is 0. The van der Waals surface area contributed by atoms with Gasteiger partial charge in [0.1, 0.15) is 0 Å². The van der Waals surface area contributed by atoms with E-state index >= 15 is 0 Å². The number of thioether (sulfide) groups is 1. The third kappa shape index (κ3) is 3.16. The van der Waals surface area contributed by atoms with Crippen LogP contribution in [0.4, 0.5) is 0 Å². The first-order valence-corrected chi connectivity index (χ1v) is 7.74. The molecule has 0 saturated carbocycles. The molecule has 1 aromatic rings. The number of allylic oxidation sites excluding steroid dienone is 1. The fourth-order valence-electron chi connectivity index (χ4n) is 2.35. The topological polar surface area (TPSA) is 0 Å². The molecular weight excluding hydrogens is 224 g/mol. The van der Waals surface area contributed by atoms with Gasteiger partial charge in [0.2, 0.25) is 0 Å². The van der Waals surface area contributed by atoms with Crippen molar-refractivity contribution < 1.29 is 0 Å². The number of hydrogen-bond donors (Lipinski definition) is 0. The van der Waals surface area contributed by atoms with Crippen LogP contribution in [-0.2, 0) is 0 Å². The molecule has 0 fully saturated rings. The van der Waals surface area contributed by atoms with Crippen molar-refractivity contribution in [1.82, 2.24) is 0 Å². The van der Waals surface area contributed by atoms with Gasteiger partial charge in [0, 0.05) is 5.92 Å². The molecule has 2 rings (SSSR count). The second-order valence-corrected chi connectivity index (χ2v) is 5.97. The van der Waals surface area contributed by atoms with Crippen LogP contribution >= 0.6 is 11.8 Å². The molecular formula is C16H22S. The second kappa shape index (κ2) is 6.30. The maximum Gasteiger partial charge on any atom is 0.0127 e. The molecule has 0 aromatic heterocycles. The van der Waals surface area contributed by atoms with E-state index in [4.69, 9.17) is 0 Å². The van der Waals surface area contributed by atoms with Gasteiger partial charge in [-0.2, -0.15) is 0 Å². The van der Waals surface area contributed by atoms with E-state index in [1.165, 1.54) is 42.6 Å². The molecule has 92 valence electrons. The Balaban J connectivity index is 1.84. The van der Waals surface area contributed by atoms with E-state index in [0.29, 0.717) is 5.92 Å². The van der Waals surface area contributed by atoms with Gasteiger partial charge in [-0.3, -0.25) is 0 Å². The third-order valence-electron chi connectivity index (χ3n) is 3.45. The van der Waals surface area contributed by atoms with Crippen molar-refractivity contribution in [3.05, 3.63) is 40.3 Å². The number of hydrogen-bond acceptors (Lipinski definition) is 1. The van der Waals surface area contributed by atoms with Gasteiger partial charge >= 0.3 is 0 Å². The van der Waals surface area contributed by atoms with Crippen LogP contribution in [0.15, 0.2) is 29.2 Å². The van der Waals surface area contributed by atoms with E-state index in [9.17, 15) is 0 Å². The molecule has 1 aliphatic carbocycles. The zero-order valence-electron chi connectivity index (χ0n) is 10.9. The standard InChI is InChI=1S/C16H22S/c1-3-4-5-8-11-17-16-12-14-9-6-7-10-15(14)13(16)2/h6-7,9-10,12-13H,3-5,8,11H2,1-2H3. The SMILES string of the molecule is CCCCCCSC1=Cc2ccccc2C1C. The Morgan fingerprint density at radius 3 is 2.71 bits per heavy atom. The summed E-state index contributed by atoms with van der Waals surface area (Å²) >= 11 is 2.06. The normalized spacial score (nSPS) is 18.0. The van der Waals surface area contributed by atoms with Crippen LogP contribution in [0.3, 0.4) is 0 Å². The van der Waals surface area contributed by atoms with Crippen molar-refractivity contribution in [2.45, 2.75) is 45.4 Å². The van der Waals surface area contributed by atoms with Crippen LogP contribution in [0.1, 0.15) is 56.6 Å². The predicted octanol–water partition coefficient (Wildman–Crippen LogP) is 5.46. The summed E-state index contributed by atoms with van der Waals surface area (Å²) in [6.45, 7) is 4.60. The smallest absolute Gasteiger partial charge is 0.0127 e. The van der Waals surface area contributed by atoms with Gasteiger partial charge in [0.15, 0.2) is 0 Å². The average Bonchev–Trinajstić information content (AvgIpc) is 2.67. The summed E-state index contributed by atoms with van der Waals surface area (Å²) in [5.41, 5.74) is 2.93. The van der Waals surface area contributed by atoms with E-state index in [1.54, 1.807) is 4.91 Å². The molecule has 0 amide bonds. The number of benzene rings is 1. The molecule has 0 heterocycles. The van der Waals surface area contributed by atoms with Crippen LogP contribution in [0.2, 0.25) is 0 Å². The predicted molar refractivity (Wildman–Crippen MR) is 79.4 cm³/mol. The molecule has 1 aromatic carbocycles. The first-order chi connectivity index (χ1) is 8.33. The lowest BCUT2D eigenvalue weighted by Gasteiger charge is -2.10. The molecule has 0 N–H and O–H groups in total. The minimum Gasteiger partial charge on any atom is -0.130 e. The Labute approximate surface area is 110 Å². The monoisotopic (exact) mass is 246 g/mol. The third-order valence-corrected chi connectivity index (χ3v) is 4.75. The van der Waals surface area contributed by atoms with E-state index in [1.807, 2.05) is 0 Å². The van der Waals surface area contributed by atoms with E-state index in [0.717, 1.165) is 0 Å². The Hall–Kier alpha value is -0.690.